The van der Waals surface area contributed by atoms with Crippen LogP contribution in [0.4, 0.5) is 0 Å². The SMILES string of the molecule is C=C(C)C#N.C=CC(=O)OO. The number of carbonyl (C=O) groups is 1. The smallest absolute Gasteiger partial charge is 0.296 e. The van der Waals surface area contributed by atoms with Gasteiger partial charge >= 0.3 is 5.97 Å². The Morgan fingerprint density at radius 3 is 2.18 bits per heavy atom. The Morgan fingerprint density at radius 2 is 2.18 bits per heavy atom. The number of rotatable bonds is 1. The molecule has 0 aromatic carbocycles. The highest BCUT2D eigenvalue weighted by atomic mass is 17.1. The second-order valence-corrected chi connectivity index (χ2v) is 1.51. The monoisotopic (exact) mass is 155 g/mol. The van der Waals surface area contributed by atoms with E-state index in [2.05, 4.69) is 18.0 Å². The van der Waals surface area contributed by atoms with Crippen LogP contribution in [0.1, 0.15) is 6.92 Å². The summed E-state index contributed by atoms with van der Waals surface area (Å²) < 4.78 is 0. The van der Waals surface area contributed by atoms with Gasteiger partial charge in [0.2, 0.25) is 0 Å². The van der Waals surface area contributed by atoms with Crippen molar-refractivity contribution in [1.29, 1.82) is 5.26 Å². The molecular formula is C7H9NO3. The highest BCUT2D eigenvalue weighted by Crippen LogP contribution is 1.74. The van der Waals surface area contributed by atoms with Crippen molar-refractivity contribution in [2.45, 2.75) is 6.92 Å². The van der Waals surface area contributed by atoms with E-state index in [1.165, 1.54) is 0 Å². The Balaban J connectivity index is 0. The molecule has 0 spiro atoms. The predicted molar refractivity (Wildman–Crippen MR) is 39.3 cm³/mol. The molecular weight excluding hydrogens is 146 g/mol. The number of hydrogen-bond acceptors (Lipinski definition) is 4. The molecule has 4 heteroatoms. The molecule has 0 aliphatic rings. The number of carbonyl (C=O) groups excluding carboxylic acids is 1. The Bertz CT molecular complexity index is 190. The molecule has 0 fully saturated rings. The lowest BCUT2D eigenvalue weighted by Crippen LogP contribution is -1.92. The average Bonchev–Trinajstić information content (AvgIpc) is 2.04. The van der Waals surface area contributed by atoms with Crippen LogP contribution in [0.25, 0.3) is 0 Å². The third-order valence-corrected chi connectivity index (χ3v) is 0.447. The lowest BCUT2D eigenvalue weighted by Gasteiger charge is -1.78. The third-order valence-electron chi connectivity index (χ3n) is 0.447. The van der Waals surface area contributed by atoms with Gasteiger partial charge in [-0.15, -0.1) is 0 Å². The van der Waals surface area contributed by atoms with Gasteiger partial charge in [0.05, 0.1) is 6.07 Å². The fraction of sp³-hybridized carbons (Fsp3) is 0.143. The van der Waals surface area contributed by atoms with Gasteiger partial charge in [-0.1, -0.05) is 13.2 Å². The van der Waals surface area contributed by atoms with Crippen molar-refractivity contribution < 1.29 is 14.9 Å². The highest BCUT2D eigenvalue weighted by Gasteiger charge is 1.85. The van der Waals surface area contributed by atoms with Crippen LogP contribution in [-0.4, -0.2) is 11.2 Å². The second kappa shape index (κ2) is 8.40. The van der Waals surface area contributed by atoms with Crippen molar-refractivity contribution in [2.24, 2.45) is 0 Å². The van der Waals surface area contributed by atoms with Crippen LogP contribution in [0.5, 0.6) is 0 Å². The van der Waals surface area contributed by atoms with Crippen molar-refractivity contribution in [3.05, 3.63) is 24.8 Å². The minimum atomic E-state index is -0.838. The molecule has 0 amide bonds. The molecule has 0 aromatic heterocycles. The van der Waals surface area contributed by atoms with Crippen LogP contribution in [0.2, 0.25) is 0 Å². The minimum absolute atomic E-state index is 0.560. The maximum absolute atomic E-state index is 9.59. The molecule has 4 nitrogen and oxygen atoms in total. The fourth-order valence-electron chi connectivity index (χ4n) is 0.0373. The van der Waals surface area contributed by atoms with Crippen molar-refractivity contribution >= 4 is 5.97 Å². The summed E-state index contributed by atoms with van der Waals surface area (Å²) in [7, 11) is 0. The largest absolute Gasteiger partial charge is 0.365 e. The Labute approximate surface area is 64.9 Å². The van der Waals surface area contributed by atoms with E-state index in [-0.39, 0.29) is 0 Å². The quantitative estimate of drug-likeness (QED) is 0.268. The molecule has 0 bridgehead atoms. The summed E-state index contributed by atoms with van der Waals surface area (Å²) in [6.45, 7) is 7.98. The maximum Gasteiger partial charge on any atom is 0.365 e. The molecule has 0 saturated carbocycles. The predicted octanol–water partition coefficient (Wildman–Crippen LogP) is 1.27. The van der Waals surface area contributed by atoms with Crippen molar-refractivity contribution in [3.8, 4) is 6.07 Å². The van der Waals surface area contributed by atoms with Crippen LogP contribution in [0, 0.1) is 11.3 Å². The second-order valence-electron chi connectivity index (χ2n) is 1.51. The van der Waals surface area contributed by atoms with Crippen molar-refractivity contribution in [1.82, 2.24) is 0 Å². The van der Waals surface area contributed by atoms with Gasteiger partial charge in [-0.25, -0.2) is 4.79 Å². The summed E-state index contributed by atoms with van der Waals surface area (Å²) in [5, 5.41) is 15.2. The van der Waals surface area contributed by atoms with Gasteiger partial charge in [0.25, 0.3) is 0 Å². The number of nitrogens with zero attached hydrogens (tertiary/aromatic N) is 1. The Kier molecular flexibility index (Phi) is 9.25. The zero-order valence-electron chi connectivity index (χ0n) is 6.20. The standard InChI is InChI=1S/C4H5N.C3H4O3/c1-4(2)3-5;1-2-3(4)6-5/h1H2,2H3;2,5H,1H2. The molecule has 0 rings (SSSR count). The highest BCUT2D eigenvalue weighted by molar-refractivity contribution is 5.80. The molecule has 0 aromatic rings. The zero-order valence-corrected chi connectivity index (χ0v) is 6.20. The summed E-state index contributed by atoms with van der Waals surface area (Å²) in [6.07, 6.45) is 0.861. The normalized spacial score (nSPS) is 6.27. The van der Waals surface area contributed by atoms with Gasteiger partial charge in [-0.2, -0.15) is 10.5 Å². The number of hydrogen-bond donors (Lipinski definition) is 1. The van der Waals surface area contributed by atoms with E-state index in [1.54, 1.807) is 6.92 Å². The molecule has 0 saturated heterocycles. The van der Waals surface area contributed by atoms with Crippen LogP contribution in [0.3, 0.4) is 0 Å². The van der Waals surface area contributed by atoms with E-state index in [0.717, 1.165) is 6.08 Å². The van der Waals surface area contributed by atoms with Gasteiger partial charge in [-0.05, 0) is 6.92 Å². The molecule has 0 heterocycles. The van der Waals surface area contributed by atoms with Crippen LogP contribution in [0.15, 0.2) is 24.8 Å². The molecule has 1 N–H and O–H groups in total. The summed E-state index contributed by atoms with van der Waals surface area (Å²) in [5.41, 5.74) is 0.560. The first-order valence-electron chi connectivity index (χ1n) is 2.61. The van der Waals surface area contributed by atoms with E-state index in [1.807, 2.05) is 6.07 Å². The van der Waals surface area contributed by atoms with E-state index < -0.39 is 5.97 Å². The molecule has 0 unspecified atom stereocenters. The van der Waals surface area contributed by atoms with E-state index in [4.69, 9.17) is 10.5 Å². The summed E-state index contributed by atoms with van der Waals surface area (Å²) >= 11 is 0. The first-order valence-corrected chi connectivity index (χ1v) is 2.61. The van der Waals surface area contributed by atoms with Crippen LogP contribution in [-0.2, 0) is 9.68 Å². The maximum atomic E-state index is 9.59. The molecule has 11 heavy (non-hydrogen) atoms. The minimum Gasteiger partial charge on any atom is -0.296 e. The van der Waals surface area contributed by atoms with Gasteiger partial charge in [-0.3, -0.25) is 4.89 Å². The Morgan fingerprint density at radius 1 is 1.82 bits per heavy atom. The van der Waals surface area contributed by atoms with E-state index in [9.17, 15) is 4.79 Å². The summed E-state index contributed by atoms with van der Waals surface area (Å²) in [6, 6.07) is 1.83. The van der Waals surface area contributed by atoms with Gasteiger partial charge in [0.15, 0.2) is 0 Å². The van der Waals surface area contributed by atoms with Crippen LogP contribution < -0.4 is 0 Å². The lowest BCUT2D eigenvalue weighted by molar-refractivity contribution is -0.228. The van der Waals surface area contributed by atoms with Gasteiger partial charge in [0.1, 0.15) is 0 Å². The molecule has 0 aliphatic carbocycles. The van der Waals surface area contributed by atoms with Crippen molar-refractivity contribution in [3.63, 3.8) is 0 Å². The lowest BCUT2D eigenvalue weighted by atomic mass is 10.4. The Hall–Kier alpha value is -1.60. The molecule has 0 aliphatic heterocycles. The van der Waals surface area contributed by atoms with E-state index >= 15 is 0 Å². The van der Waals surface area contributed by atoms with E-state index in [0.29, 0.717) is 5.57 Å². The molecule has 0 radical (unpaired) electrons. The van der Waals surface area contributed by atoms with Gasteiger partial charge in [0, 0.05) is 11.6 Å². The van der Waals surface area contributed by atoms with Gasteiger partial charge < -0.3 is 0 Å². The summed E-state index contributed by atoms with van der Waals surface area (Å²) in [4.78, 5) is 12.7. The van der Waals surface area contributed by atoms with Crippen molar-refractivity contribution in [2.75, 3.05) is 0 Å². The summed E-state index contributed by atoms with van der Waals surface area (Å²) in [5.74, 6) is -0.838. The fourth-order valence-corrected chi connectivity index (χ4v) is 0.0373. The molecule has 0 atom stereocenters. The first-order chi connectivity index (χ1) is 5.08. The topological polar surface area (TPSA) is 70.3 Å². The first kappa shape index (κ1) is 12.1. The van der Waals surface area contributed by atoms with Crippen LogP contribution >= 0.6 is 0 Å². The third kappa shape index (κ3) is 17.8. The molecule has 60 valence electrons. The number of allylic oxidation sites excluding steroid dienone is 1. The average molecular weight is 155 g/mol. The zero-order chi connectivity index (χ0) is 9.28. The number of nitriles is 1.